The number of anilines is 1. The molecule has 0 spiro atoms. The van der Waals surface area contributed by atoms with Crippen LogP contribution in [0, 0.1) is 17.1 Å². The molecule has 1 rings (SSSR count). The lowest BCUT2D eigenvalue weighted by molar-refractivity contribution is 0.478. The Bertz CT molecular complexity index is 403. The first-order chi connectivity index (χ1) is 7.54. The van der Waals surface area contributed by atoms with Crippen molar-refractivity contribution in [2.45, 2.75) is 39.2 Å². The highest BCUT2D eigenvalue weighted by Crippen LogP contribution is 2.24. The molecule has 0 aliphatic carbocycles. The van der Waals surface area contributed by atoms with Gasteiger partial charge in [-0.2, -0.15) is 5.26 Å². The lowest BCUT2D eigenvalue weighted by Crippen LogP contribution is -2.33. The van der Waals surface area contributed by atoms with Crippen molar-refractivity contribution in [1.29, 1.82) is 5.26 Å². The van der Waals surface area contributed by atoms with Gasteiger partial charge in [-0.25, -0.2) is 4.39 Å². The fourth-order valence-corrected chi connectivity index (χ4v) is 1.47. The summed E-state index contributed by atoms with van der Waals surface area (Å²) in [4.78, 5) is 0. The molecule has 0 aliphatic heterocycles. The number of nitrogens with zero attached hydrogens (tertiary/aromatic N) is 1. The molecule has 0 heterocycles. The molecule has 1 aromatic rings. The third kappa shape index (κ3) is 2.73. The van der Waals surface area contributed by atoms with Gasteiger partial charge in [0.2, 0.25) is 0 Å². The molecule has 0 radical (unpaired) electrons. The fraction of sp³-hybridized carbons (Fsp3) is 0.462. The summed E-state index contributed by atoms with van der Waals surface area (Å²) in [5.74, 6) is -0.378. The van der Waals surface area contributed by atoms with Crippen molar-refractivity contribution in [1.82, 2.24) is 0 Å². The van der Waals surface area contributed by atoms with Gasteiger partial charge >= 0.3 is 0 Å². The van der Waals surface area contributed by atoms with Gasteiger partial charge in [0.05, 0.1) is 11.3 Å². The van der Waals surface area contributed by atoms with E-state index < -0.39 is 0 Å². The van der Waals surface area contributed by atoms with E-state index in [1.807, 2.05) is 6.07 Å². The zero-order valence-electron chi connectivity index (χ0n) is 9.97. The predicted octanol–water partition coefficient (Wildman–Crippen LogP) is 3.69. The maximum Gasteiger partial charge on any atom is 0.124 e. The number of hydrogen-bond donors (Lipinski definition) is 1. The third-order valence-corrected chi connectivity index (χ3v) is 3.10. The molecule has 16 heavy (non-hydrogen) atoms. The molecule has 86 valence electrons. The van der Waals surface area contributed by atoms with E-state index in [9.17, 15) is 4.39 Å². The number of nitrogens with one attached hydrogen (secondary N) is 1. The minimum absolute atomic E-state index is 0.0522. The van der Waals surface area contributed by atoms with E-state index in [1.54, 1.807) is 6.07 Å². The van der Waals surface area contributed by atoms with E-state index >= 15 is 0 Å². The van der Waals surface area contributed by atoms with Gasteiger partial charge in [-0.1, -0.05) is 13.8 Å². The predicted molar refractivity (Wildman–Crippen MR) is 63.7 cm³/mol. The van der Waals surface area contributed by atoms with Crippen molar-refractivity contribution in [2.75, 3.05) is 5.32 Å². The second-order valence-electron chi connectivity index (χ2n) is 4.19. The van der Waals surface area contributed by atoms with E-state index in [1.165, 1.54) is 12.1 Å². The Kier molecular flexibility index (Phi) is 3.89. The molecule has 0 atom stereocenters. The summed E-state index contributed by atoms with van der Waals surface area (Å²) >= 11 is 0. The zero-order valence-corrected chi connectivity index (χ0v) is 9.97. The van der Waals surface area contributed by atoms with Gasteiger partial charge in [0.1, 0.15) is 11.9 Å². The molecular weight excluding hydrogens is 203 g/mol. The molecule has 0 aliphatic rings. The van der Waals surface area contributed by atoms with E-state index in [0.29, 0.717) is 11.3 Å². The van der Waals surface area contributed by atoms with Crippen LogP contribution in [0.25, 0.3) is 0 Å². The van der Waals surface area contributed by atoms with Crippen molar-refractivity contribution in [3.8, 4) is 6.07 Å². The van der Waals surface area contributed by atoms with Crippen molar-refractivity contribution in [2.24, 2.45) is 0 Å². The summed E-state index contributed by atoms with van der Waals surface area (Å²) in [6, 6.07) is 6.26. The number of nitriles is 1. The number of hydrogen-bond acceptors (Lipinski definition) is 2. The van der Waals surface area contributed by atoms with Crippen LogP contribution in [0.3, 0.4) is 0 Å². The lowest BCUT2D eigenvalue weighted by Gasteiger charge is -2.30. The Morgan fingerprint density at radius 3 is 2.50 bits per heavy atom. The molecule has 0 aromatic heterocycles. The van der Waals surface area contributed by atoms with Crippen molar-refractivity contribution in [3.63, 3.8) is 0 Å². The highest BCUT2D eigenvalue weighted by atomic mass is 19.1. The number of rotatable bonds is 4. The topological polar surface area (TPSA) is 35.8 Å². The third-order valence-electron chi connectivity index (χ3n) is 3.10. The molecule has 3 heteroatoms. The van der Waals surface area contributed by atoms with E-state index in [-0.39, 0.29) is 11.4 Å². The van der Waals surface area contributed by atoms with Crippen LogP contribution in [0.2, 0.25) is 0 Å². The van der Waals surface area contributed by atoms with Crippen LogP contribution in [-0.4, -0.2) is 5.54 Å². The largest absolute Gasteiger partial charge is 0.379 e. The first-order valence-corrected chi connectivity index (χ1v) is 5.52. The van der Waals surface area contributed by atoms with Crippen LogP contribution in [0.5, 0.6) is 0 Å². The lowest BCUT2D eigenvalue weighted by atomic mass is 9.94. The van der Waals surface area contributed by atoms with Gasteiger partial charge < -0.3 is 5.32 Å². The second-order valence-corrected chi connectivity index (χ2v) is 4.19. The molecule has 0 saturated heterocycles. The Balaban J connectivity index is 3.02. The maximum atomic E-state index is 13.0. The maximum absolute atomic E-state index is 13.0. The van der Waals surface area contributed by atoms with Crippen LogP contribution in [0.15, 0.2) is 18.2 Å². The summed E-state index contributed by atoms with van der Waals surface area (Å²) in [7, 11) is 0. The Hall–Kier alpha value is -1.56. The molecule has 0 fully saturated rings. The molecule has 0 amide bonds. The molecular formula is C13H17FN2. The van der Waals surface area contributed by atoms with Crippen LogP contribution in [-0.2, 0) is 0 Å². The first kappa shape index (κ1) is 12.5. The molecule has 0 unspecified atom stereocenters. The summed E-state index contributed by atoms with van der Waals surface area (Å²) in [6.45, 7) is 6.27. The second kappa shape index (κ2) is 4.98. The van der Waals surface area contributed by atoms with Gasteiger partial charge in [0.25, 0.3) is 0 Å². The minimum Gasteiger partial charge on any atom is -0.379 e. The minimum atomic E-state index is -0.378. The highest BCUT2D eigenvalue weighted by Gasteiger charge is 2.20. The monoisotopic (exact) mass is 220 g/mol. The smallest absolute Gasteiger partial charge is 0.124 e. The average Bonchev–Trinajstić information content (AvgIpc) is 2.31. The standard InChI is InChI=1S/C13H17FN2/c1-4-13(3,5-2)16-12-7-6-11(14)8-10(12)9-15/h6-8,16H,4-5H2,1-3H3. The quantitative estimate of drug-likeness (QED) is 0.840. The van der Waals surface area contributed by atoms with Gasteiger partial charge in [-0.05, 0) is 38.0 Å². The van der Waals surface area contributed by atoms with Gasteiger partial charge in [0.15, 0.2) is 0 Å². The normalized spacial score (nSPS) is 10.9. The summed E-state index contributed by atoms with van der Waals surface area (Å²) in [5, 5.41) is 12.2. The van der Waals surface area contributed by atoms with Crippen LogP contribution >= 0.6 is 0 Å². The van der Waals surface area contributed by atoms with Crippen LogP contribution < -0.4 is 5.32 Å². The van der Waals surface area contributed by atoms with Crippen LogP contribution in [0.1, 0.15) is 39.2 Å². The fourth-order valence-electron chi connectivity index (χ4n) is 1.47. The molecule has 0 bridgehead atoms. The summed E-state index contributed by atoms with van der Waals surface area (Å²) < 4.78 is 13.0. The molecule has 0 saturated carbocycles. The zero-order chi connectivity index (χ0) is 12.2. The van der Waals surface area contributed by atoms with Gasteiger partial charge in [-0.3, -0.25) is 0 Å². The Morgan fingerprint density at radius 2 is 2.00 bits per heavy atom. The van der Waals surface area contributed by atoms with Gasteiger partial charge in [0, 0.05) is 5.54 Å². The summed E-state index contributed by atoms with van der Waals surface area (Å²) in [5.41, 5.74) is 1.01. The molecule has 1 aromatic carbocycles. The van der Waals surface area contributed by atoms with E-state index in [4.69, 9.17) is 5.26 Å². The van der Waals surface area contributed by atoms with Crippen molar-refractivity contribution in [3.05, 3.63) is 29.6 Å². The highest BCUT2D eigenvalue weighted by molar-refractivity contribution is 5.58. The number of benzene rings is 1. The molecule has 1 N–H and O–H groups in total. The average molecular weight is 220 g/mol. The van der Waals surface area contributed by atoms with E-state index in [2.05, 4.69) is 26.1 Å². The molecule has 2 nitrogen and oxygen atoms in total. The SMILES string of the molecule is CCC(C)(CC)Nc1ccc(F)cc1C#N. The Morgan fingerprint density at radius 1 is 1.38 bits per heavy atom. The van der Waals surface area contributed by atoms with Crippen LogP contribution in [0.4, 0.5) is 10.1 Å². The Labute approximate surface area is 96.1 Å². The van der Waals surface area contributed by atoms with Crippen molar-refractivity contribution < 1.29 is 4.39 Å². The van der Waals surface area contributed by atoms with Gasteiger partial charge in [-0.15, -0.1) is 0 Å². The first-order valence-electron chi connectivity index (χ1n) is 5.52. The van der Waals surface area contributed by atoms with E-state index in [0.717, 1.165) is 12.8 Å². The summed E-state index contributed by atoms with van der Waals surface area (Å²) in [6.07, 6.45) is 1.90. The van der Waals surface area contributed by atoms with Crippen molar-refractivity contribution >= 4 is 5.69 Å². The number of halogens is 1.